The largest absolute Gasteiger partial charge is 0.457 e. The van der Waals surface area contributed by atoms with Gasteiger partial charge >= 0.3 is 0 Å². The molecule has 98 valence electrons. The monoisotopic (exact) mass is 292 g/mol. The predicted molar refractivity (Wildman–Crippen MR) is 81.3 cm³/mol. The van der Waals surface area contributed by atoms with Crippen molar-refractivity contribution in [3.63, 3.8) is 0 Å². The summed E-state index contributed by atoms with van der Waals surface area (Å²) in [4.78, 5) is 10.8. The quantitative estimate of drug-likeness (QED) is 0.803. The van der Waals surface area contributed by atoms with Gasteiger partial charge in [0.15, 0.2) is 5.12 Å². The lowest BCUT2D eigenvalue weighted by molar-refractivity contribution is -0.109. The lowest BCUT2D eigenvalue weighted by Crippen LogP contribution is -1.80. The standard InChI is InChI=1S/C15H13ClO2S/c1-11(17)19-10-2-3-14-8-9-15(18-14)12-4-6-13(16)7-5-12/h2-9H,10H2,1H3. The smallest absolute Gasteiger partial charge is 0.186 e. The van der Waals surface area contributed by atoms with E-state index in [1.54, 1.807) is 6.92 Å². The van der Waals surface area contributed by atoms with Crippen molar-refractivity contribution in [3.05, 3.63) is 53.3 Å². The van der Waals surface area contributed by atoms with Crippen molar-refractivity contribution in [1.82, 2.24) is 0 Å². The molecule has 1 heterocycles. The summed E-state index contributed by atoms with van der Waals surface area (Å²) in [5, 5.41) is 0.822. The van der Waals surface area contributed by atoms with E-state index in [1.807, 2.05) is 48.6 Å². The number of hydrogen-bond acceptors (Lipinski definition) is 3. The summed E-state index contributed by atoms with van der Waals surface area (Å²) >= 11 is 7.12. The first-order chi connectivity index (χ1) is 9.15. The van der Waals surface area contributed by atoms with Crippen molar-refractivity contribution < 1.29 is 9.21 Å². The second kappa shape index (κ2) is 6.64. The maximum atomic E-state index is 10.8. The average Bonchev–Trinajstić information content (AvgIpc) is 2.84. The minimum absolute atomic E-state index is 0.117. The molecule has 0 fully saturated rings. The molecule has 0 unspecified atom stereocenters. The first-order valence-electron chi connectivity index (χ1n) is 5.81. The van der Waals surface area contributed by atoms with Crippen LogP contribution in [-0.2, 0) is 4.79 Å². The minimum Gasteiger partial charge on any atom is -0.457 e. The molecule has 0 spiro atoms. The van der Waals surface area contributed by atoms with Crippen LogP contribution in [-0.4, -0.2) is 10.9 Å². The molecular weight excluding hydrogens is 280 g/mol. The van der Waals surface area contributed by atoms with Gasteiger partial charge in [-0.3, -0.25) is 4.79 Å². The predicted octanol–water partition coefficient (Wildman–Crippen LogP) is 4.89. The average molecular weight is 293 g/mol. The topological polar surface area (TPSA) is 30.2 Å². The Bertz CT molecular complexity index is 584. The second-order valence-corrected chi connectivity index (χ2v) is 5.55. The molecule has 2 nitrogen and oxygen atoms in total. The number of thioether (sulfide) groups is 1. The maximum absolute atomic E-state index is 10.8. The molecular formula is C15H13ClO2S. The van der Waals surface area contributed by atoms with Crippen LogP contribution in [0.25, 0.3) is 17.4 Å². The van der Waals surface area contributed by atoms with Gasteiger partial charge in [0.2, 0.25) is 0 Å². The lowest BCUT2D eigenvalue weighted by atomic mass is 10.2. The summed E-state index contributed by atoms with van der Waals surface area (Å²) in [6, 6.07) is 11.3. The van der Waals surface area contributed by atoms with Crippen LogP contribution in [0.2, 0.25) is 5.02 Å². The Balaban J connectivity index is 2.02. The number of carbonyl (C=O) groups excluding carboxylic acids is 1. The molecule has 0 radical (unpaired) electrons. The first kappa shape index (κ1) is 14.0. The second-order valence-electron chi connectivity index (χ2n) is 3.91. The van der Waals surface area contributed by atoms with E-state index in [2.05, 4.69) is 0 Å². The Morgan fingerprint density at radius 1 is 1.26 bits per heavy atom. The summed E-state index contributed by atoms with van der Waals surface area (Å²) in [5.41, 5.74) is 0.988. The van der Waals surface area contributed by atoms with Gasteiger partial charge in [-0.1, -0.05) is 29.4 Å². The molecule has 1 aromatic heterocycles. The summed E-state index contributed by atoms with van der Waals surface area (Å²) in [5.74, 6) is 2.23. The van der Waals surface area contributed by atoms with Gasteiger partial charge in [0, 0.05) is 23.3 Å². The van der Waals surface area contributed by atoms with Gasteiger partial charge in [0.25, 0.3) is 0 Å². The highest BCUT2D eigenvalue weighted by molar-refractivity contribution is 8.13. The fraction of sp³-hybridized carbons (Fsp3) is 0.133. The normalized spacial score (nSPS) is 11.1. The molecule has 0 saturated heterocycles. The highest BCUT2D eigenvalue weighted by Crippen LogP contribution is 2.24. The Morgan fingerprint density at radius 2 is 2.00 bits per heavy atom. The third-order valence-corrected chi connectivity index (χ3v) is 3.44. The van der Waals surface area contributed by atoms with Gasteiger partial charge in [-0.15, -0.1) is 0 Å². The molecule has 0 aliphatic rings. The van der Waals surface area contributed by atoms with Crippen molar-refractivity contribution in [2.75, 3.05) is 5.75 Å². The zero-order chi connectivity index (χ0) is 13.7. The molecule has 1 aromatic carbocycles. The van der Waals surface area contributed by atoms with Crippen LogP contribution in [0, 0.1) is 0 Å². The van der Waals surface area contributed by atoms with Crippen molar-refractivity contribution >= 4 is 34.6 Å². The number of hydrogen-bond donors (Lipinski definition) is 0. The number of carbonyl (C=O) groups is 1. The minimum atomic E-state index is 0.117. The van der Waals surface area contributed by atoms with E-state index in [-0.39, 0.29) is 5.12 Å². The van der Waals surface area contributed by atoms with Gasteiger partial charge in [-0.2, -0.15) is 0 Å². The number of halogens is 1. The zero-order valence-corrected chi connectivity index (χ0v) is 12.0. The van der Waals surface area contributed by atoms with Crippen molar-refractivity contribution in [2.45, 2.75) is 6.92 Å². The molecule has 0 saturated carbocycles. The van der Waals surface area contributed by atoms with Crippen LogP contribution >= 0.6 is 23.4 Å². The summed E-state index contributed by atoms with van der Waals surface area (Å²) < 4.78 is 5.69. The molecule has 0 aliphatic carbocycles. The summed E-state index contributed by atoms with van der Waals surface area (Å²) in [7, 11) is 0. The van der Waals surface area contributed by atoms with E-state index in [1.165, 1.54) is 11.8 Å². The zero-order valence-electron chi connectivity index (χ0n) is 10.4. The van der Waals surface area contributed by atoms with Crippen LogP contribution in [0.4, 0.5) is 0 Å². The number of furan rings is 1. The van der Waals surface area contributed by atoms with Crippen LogP contribution < -0.4 is 0 Å². The first-order valence-corrected chi connectivity index (χ1v) is 7.17. The van der Waals surface area contributed by atoms with Crippen LogP contribution in [0.15, 0.2) is 46.9 Å². The van der Waals surface area contributed by atoms with E-state index in [0.717, 1.165) is 17.1 Å². The molecule has 0 bridgehead atoms. The maximum Gasteiger partial charge on any atom is 0.186 e. The third-order valence-electron chi connectivity index (χ3n) is 2.42. The van der Waals surface area contributed by atoms with Crippen molar-refractivity contribution in [2.24, 2.45) is 0 Å². The van der Waals surface area contributed by atoms with E-state index >= 15 is 0 Å². The molecule has 2 aromatic rings. The summed E-state index contributed by atoms with van der Waals surface area (Å²) in [6.45, 7) is 1.56. The van der Waals surface area contributed by atoms with Crippen LogP contribution in [0.5, 0.6) is 0 Å². The van der Waals surface area contributed by atoms with Gasteiger partial charge < -0.3 is 4.42 Å². The van der Waals surface area contributed by atoms with E-state index in [0.29, 0.717) is 10.8 Å². The van der Waals surface area contributed by atoms with Gasteiger partial charge in [-0.25, -0.2) is 0 Å². The van der Waals surface area contributed by atoms with Crippen molar-refractivity contribution in [3.8, 4) is 11.3 Å². The fourth-order valence-corrected chi connectivity index (χ4v) is 2.09. The van der Waals surface area contributed by atoms with Gasteiger partial charge in [-0.05, 0) is 42.5 Å². The third kappa shape index (κ3) is 4.30. The van der Waals surface area contributed by atoms with Gasteiger partial charge in [0.1, 0.15) is 11.5 Å². The number of rotatable bonds is 4. The molecule has 0 atom stereocenters. The van der Waals surface area contributed by atoms with E-state index in [4.69, 9.17) is 16.0 Å². The number of benzene rings is 1. The Labute approximate surface area is 121 Å². The molecule has 19 heavy (non-hydrogen) atoms. The van der Waals surface area contributed by atoms with E-state index in [9.17, 15) is 4.79 Å². The molecule has 4 heteroatoms. The van der Waals surface area contributed by atoms with Crippen molar-refractivity contribution in [1.29, 1.82) is 0 Å². The van der Waals surface area contributed by atoms with Crippen LogP contribution in [0.1, 0.15) is 12.7 Å². The Morgan fingerprint density at radius 3 is 2.68 bits per heavy atom. The molecule has 0 N–H and O–H groups in total. The highest BCUT2D eigenvalue weighted by Gasteiger charge is 2.02. The lowest BCUT2D eigenvalue weighted by Gasteiger charge is -1.96. The SMILES string of the molecule is CC(=O)SCC=Cc1ccc(-c2ccc(Cl)cc2)o1. The highest BCUT2D eigenvalue weighted by atomic mass is 35.5. The molecule has 2 rings (SSSR count). The van der Waals surface area contributed by atoms with E-state index < -0.39 is 0 Å². The fourth-order valence-electron chi connectivity index (χ4n) is 1.54. The Kier molecular flexibility index (Phi) is 4.88. The summed E-state index contributed by atoms with van der Waals surface area (Å²) in [6.07, 6.45) is 3.78. The van der Waals surface area contributed by atoms with Crippen LogP contribution in [0.3, 0.4) is 0 Å². The molecule has 0 aliphatic heterocycles. The molecule has 0 amide bonds. The van der Waals surface area contributed by atoms with Gasteiger partial charge in [0.05, 0.1) is 0 Å². The Hall–Kier alpha value is -1.45.